The number of benzene rings is 2. The number of fused-ring (bicyclic) bond motifs is 1. The van der Waals surface area contributed by atoms with Gasteiger partial charge < -0.3 is 14.6 Å². The number of carboxylic acid groups (broad SMARTS) is 1. The van der Waals surface area contributed by atoms with Crippen molar-refractivity contribution in [3.63, 3.8) is 0 Å². The van der Waals surface area contributed by atoms with Crippen LogP contribution in [-0.4, -0.2) is 40.2 Å². The number of hydrogen-bond acceptors (Lipinski definition) is 6. The molecule has 0 aliphatic heterocycles. The van der Waals surface area contributed by atoms with E-state index in [1.165, 1.54) is 24.9 Å². The predicted octanol–water partition coefficient (Wildman–Crippen LogP) is 4.12. The summed E-state index contributed by atoms with van der Waals surface area (Å²) >= 11 is 9.65. The summed E-state index contributed by atoms with van der Waals surface area (Å²) in [4.78, 5) is 28.6. The third-order valence-electron chi connectivity index (χ3n) is 4.41. The molecular formula is C21H19BrClN3O5. The van der Waals surface area contributed by atoms with Crippen LogP contribution in [0.25, 0.3) is 10.9 Å². The van der Waals surface area contributed by atoms with Crippen LogP contribution in [0, 0.1) is 0 Å². The Labute approximate surface area is 191 Å². The first-order valence-corrected chi connectivity index (χ1v) is 10.4. The molecule has 1 aromatic heterocycles. The highest BCUT2D eigenvalue weighted by Crippen LogP contribution is 2.36. The third kappa shape index (κ3) is 4.88. The van der Waals surface area contributed by atoms with Crippen molar-refractivity contribution in [3.05, 3.63) is 61.6 Å². The quantitative estimate of drug-likeness (QED) is 0.482. The molecule has 1 heterocycles. The highest BCUT2D eigenvalue weighted by molar-refractivity contribution is 9.10. The van der Waals surface area contributed by atoms with Gasteiger partial charge in [0.15, 0.2) is 17.6 Å². The van der Waals surface area contributed by atoms with Crippen LogP contribution in [0.5, 0.6) is 11.5 Å². The minimum Gasteiger partial charge on any atom is -0.493 e. The number of nitrogens with zero attached hydrogens (tertiary/aromatic N) is 3. The van der Waals surface area contributed by atoms with Gasteiger partial charge in [-0.1, -0.05) is 34.5 Å². The Balaban J connectivity index is 2.04. The van der Waals surface area contributed by atoms with Gasteiger partial charge in [-0.05, 0) is 42.8 Å². The van der Waals surface area contributed by atoms with Crippen LogP contribution in [0.4, 0.5) is 0 Å². The van der Waals surface area contributed by atoms with Gasteiger partial charge >= 0.3 is 5.97 Å². The molecule has 2 aromatic carbocycles. The van der Waals surface area contributed by atoms with Gasteiger partial charge in [-0.25, -0.2) is 9.78 Å². The maximum absolute atomic E-state index is 13.0. The molecule has 0 amide bonds. The van der Waals surface area contributed by atoms with Gasteiger partial charge in [0.25, 0.3) is 5.56 Å². The van der Waals surface area contributed by atoms with Gasteiger partial charge in [0.1, 0.15) is 5.82 Å². The van der Waals surface area contributed by atoms with Crippen LogP contribution in [0.1, 0.15) is 25.2 Å². The van der Waals surface area contributed by atoms with E-state index >= 15 is 0 Å². The standard InChI is InChI=1S/C21H19BrClN3O5/c1-4-18-25-16-6-5-13(22)9-14(16)20(27)26(18)24-10-12-7-15(23)19(17(8-12)30-3)31-11(2)21(28)29/h5-11H,4H2,1-3H3,(H,28,29)/t11-/m1/s1. The van der Waals surface area contributed by atoms with Crippen molar-refractivity contribution in [3.8, 4) is 11.5 Å². The highest BCUT2D eigenvalue weighted by atomic mass is 79.9. The van der Waals surface area contributed by atoms with Gasteiger partial charge in [-0.3, -0.25) is 4.79 Å². The van der Waals surface area contributed by atoms with Crippen molar-refractivity contribution in [2.75, 3.05) is 7.11 Å². The van der Waals surface area contributed by atoms with Crippen molar-refractivity contribution in [1.82, 2.24) is 9.66 Å². The number of rotatable bonds is 7. The van der Waals surface area contributed by atoms with E-state index in [2.05, 4.69) is 26.0 Å². The van der Waals surface area contributed by atoms with E-state index in [0.29, 0.717) is 28.7 Å². The Hall–Kier alpha value is -2.91. The van der Waals surface area contributed by atoms with Crippen molar-refractivity contribution in [2.45, 2.75) is 26.4 Å². The first kappa shape index (κ1) is 22.8. The zero-order valence-corrected chi connectivity index (χ0v) is 19.3. The number of ether oxygens (including phenoxy) is 2. The van der Waals surface area contributed by atoms with E-state index < -0.39 is 12.1 Å². The van der Waals surface area contributed by atoms with Crippen LogP contribution in [-0.2, 0) is 11.2 Å². The monoisotopic (exact) mass is 507 g/mol. The molecule has 0 aliphatic carbocycles. The predicted molar refractivity (Wildman–Crippen MR) is 122 cm³/mol. The average molecular weight is 509 g/mol. The molecule has 31 heavy (non-hydrogen) atoms. The number of aromatic nitrogens is 2. The van der Waals surface area contributed by atoms with Gasteiger partial charge in [0, 0.05) is 10.9 Å². The Kier molecular flexibility index (Phi) is 6.97. The topological polar surface area (TPSA) is 103 Å². The Morgan fingerprint density at radius 3 is 2.77 bits per heavy atom. The molecule has 0 aliphatic rings. The van der Waals surface area contributed by atoms with E-state index in [0.717, 1.165) is 4.47 Å². The van der Waals surface area contributed by atoms with Gasteiger partial charge in [0.05, 0.1) is 29.2 Å². The molecule has 0 unspecified atom stereocenters. The molecule has 0 bridgehead atoms. The first-order valence-electron chi connectivity index (χ1n) is 9.27. The molecule has 8 nitrogen and oxygen atoms in total. The summed E-state index contributed by atoms with van der Waals surface area (Å²) in [6.45, 7) is 3.27. The Morgan fingerprint density at radius 1 is 1.39 bits per heavy atom. The van der Waals surface area contributed by atoms with Gasteiger partial charge in [0.2, 0.25) is 0 Å². The molecule has 3 aromatic rings. The van der Waals surface area contributed by atoms with E-state index in [-0.39, 0.29) is 22.1 Å². The Morgan fingerprint density at radius 2 is 2.13 bits per heavy atom. The fraction of sp³-hybridized carbons (Fsp3) is 0.238. The largest absolute Gasteiger partial charge is 0.493 e. The minimum absolute atomic E-state index is 0.111. The van der Waals surface area contributed by atoms with Crippen molar-refractivity contribution >= 4 is 50.6 Å². The number of aryl methyl sites for hydroxylation is 1. The second-order valence-corrected chi connectivity index (χ2v) is 7.86. The lowest BCUT2D eigenvalue weighted by Gasteiger charge is -2.15. The zero-order chi connectivity index (χ0) is 22.7. The number of carbonyl (C=O) groups is 1. The first-order chi connectivity index (χ1) is 14.7. The smallest absolute Gasteiger partial charge is 0.344 e. The van der Waals surface area contributed by atoms with Crippen LogP contribution < -0.4 is 15.0 Å². The lowest BCUT2D eigenvalue weighted by atomic mass is 10.2. The third-order valence-corrected chi connectivity index (χ3v) is 5.18. The fourth-order valence-electron chi connectivity index (χ4n) is 2.82. The number of aliphatic carboxylic acids is 1. The van der Waals surface area contributed by atoms with Crippen LogP contribution in [0.2, 0.25) is 5.02 Å². The molecule has 3 rings (SSSR count). The van der Waals surface area contributed by atoms with E-state index in [9.17, 15) is 9.59 Å². The summed E-state index contributed by atoms with van der Waals surface area (Å²) in [6, 6.07) is 8.42. The molecule has 0 saturated carbocycles. The van der Waals surface area contributed by atoms with Gasteiger partial charge in [-0.15, -0.1) is 0 Å². The number of hydrogen-bond donors (Lipinski definition) is 1. The summed E-state index contributed by atoms with van der Waals surface area (Å²) in [5, 5.41) is 14.0. The summed E-state index contributed by atoms with van der Waals surface area (Å²) in [6.07, 6.45) is 0.840. The molecule has 0 saturated heterocycles. The summed E-state index contributed by atoms with van der Waals surface area (Å²) in [5.41, 5.74) is 0.823. The van der Waals surface area contributed by atoms with Crippen molar-refractivity contribution in [1.29, 1.82) is 0 Å². The fourth-order valence-corrected chi connectivity index (χ4v) is 3.45. The van der Waals surface area contributed by atoms with E-state index in [1.807, 2.05) is 13.0 Å². The van der Waals surface area contributed by atoms with Crippen LogP contribution in [0.3, 0.4) is 0 Å². The molecular weight excluding hydrogens is 490 g/mol. The second-order valence-electron chi connectivity index (χ2n) is 6.54. The molecule has 162 valence electrons. The maximum atomic E-state index is 13.0. The highest BCUT2D eigenvalue weighted by Gasteiger charge is 2.19. The number of methoxy groups -OCH3 is 1. The summed E-state index contributed by atoms with van der Waals surface area (Å²) in [7, 11) is 1.41. The summed E-state index contributed by atoms with van der Waals surface area (Å²) < 4.78 is 12.7. The SMILES string of the molecule is CCc1nc2ccc(Br)cc2c(=O)n1N=Cc1cc(Cl)c(O[C@H](C)C(=O)O)c(OC)c1. The molecule has 1 N–H and O–H groups in total. The number of carboxylic acids is 1. The van der Waals surface area contributed by atoms with E-state index in [4.69, 9.17) is 26.2 Å². The average Bonchev–Trinajstić information content (AvgIpc) is 2.74. The van der Waals surface area contributed by atoms with Crippen LogP contribution in [0.15, 0.2) is 44.7 Å². The van der Waals surface area contributed by atoms with Crippen molar-refractivity contribution in [2.24, 2.45) is 5.10 Å². The molecule has 10 heteroatoms. The lowest BCUT2D eigenvalue weighted by Crippen LogP contribution is -2.23. The minimum atomic E-state index is -1.13. The van der Waals surface area contributed by atoms with Gasteiger partial charge in [-0.2, -0.15) is 9.78 Å². The molecule has 0 radical (unpaired) electrons. The Bertz CT molecular complexity index is 1240. The molecule has 1 atom stereocenters. The van der Waals surface area contributed by atoms with E-state index in [1.54, 1.807) is 24.3 Å². The maximum Gasteiger partial charge on any atom is 0.344 e. The van der Waals surface area contributed by atoms with Crippen molar-refractivity contribution < 1.29 is 19.4 Å². The molecule has 0 spiro atoms. The normalized spacial score (nSPS) is 12.3. The zero-order valence-electron chi connectivity index (χ0n) is 16.9. The molecule has 0 fully saturated rings. The second kappa shape index (κ2) is 9.49. The summed E-state index contributed by atoms with van der Waals surface area (Å²) in [5.74, 6) is -0.277. The lowest BCUT2D eigenvalue weighted by molar-refractivity contribution is -0.144. The number of halogens is 2. The van der Waals surface area contributed by atoms with Crippen LogP contribution >= 0.6 is 27.5 Å².